The maximum absolute atomic E-state index is 14.6. The Hall–Kier alpha value is -7.39. The number of ether oxygens (including phenoxy) is 6. The second kappa shape index (κ2) is 26.9. The second-order valence-electron chi connectivity index (χ2n) is 20.8. The maximum Gasteiger partial charge on any atom is 0.347 e. The Labute approximate surface area is 494 Å². The summed E-state index contributed by atoms with van der Waals surface area (Å²) in [5.41, 5.74) is 4.45. The van der Waals surface area contributed by atoms with E-state index < -0.39 is 49.0 Å². The molecule has 0 unspecified atom stereocenters. The zero-order valence-corrected chi connectivity index (χ0v) is 50.9. The van der Waals surface area contributed by atoms with Crippen LogP contribution in [0.25, 0.3) is 44.9 Å². The molecule has 2 atom stereocenters. The van der Waals surface area contributed by atoms with E-state index in [-0.39, 0.29) is 82.2 Å². The maximum atomic E-state index is 14.6. The van der Waals surface area contributed by atoms with E-state index in [2.05, 4.69) is 55.4 Å². The zero-order valence-electron chi connectivity index (χ0n) is 47.6. The third-order valence-electron chi connectivity index (χ3n) is 13.9. The third kappa shape index (κ3) is 14.9. The van der Waals surface area contributed by atoms with Gasteiger partial charge in [-0.25, -0.2) is 29.1 Å². The van der Waals surface area contributed by atoms with Crippen molar-refractivity contribution in [2.24, 2.45) is 0 Å². The van der Waals surface area contributed by atoms with E-state index >= 15 is 0 Å². The number of carbonyl (C=O) groups excluding carboxylic acids is 1. The normalized spacial score (nSPS) is 12.6. The Bertz CT molecular complexity index is 3690. The molecule has 5 aromatic carbocycles. The summed E-state index contributed by atoms with van der Waals surface area (Å²) < 4.78 is 96.7. The summed E-state index contributed by atoms with van der Waals surface area (Å²) in [5, 5.41) is 0.153. The number of benzene rings is 5. The largest absolute Gasteiger partial charge is 0.543 e. The topological polar surface area (TPSA) is 190 Å². The molecule has 8 rings (SSSR count). The van der Waals surface area contributed by atoms with Crippen LogP contribution < -0.4 is 23.4 Å². The van der Waals surface area contributed by atoms with E-state index in [1.807, 2.05) is 36.4 Å². The van der Waals surface area contributed by atoms with Gasteiger partial charge < -0.3 is 37.3 Å². The second-order valence-corrected chi connectivity index (χ2v) is 28.0. The van der Waals surface area contributed by atoms with E-state index in [0.29, 0.717) is 73.3 Å². The lowest BCUT2D eigenvalue weighted by Crippen LogP contribution is -2.43. The van der Waals surface area contributed by atoms with Crippen molar-refractivity contribution in [1.29, 1.82) is 0 Å². The molecule has 3 aromatic heterocycles. The van der Waals surface area contributed by atoms with Gasteiger partial charge in [0.1, 0.15) is 65.6 Å². The molecule has 0 fully saturated rings. The molecule has 436 valence electrons. The molecule has 0 aliphatic rings. The number of methoxy groups -OCH3 is 1. The lowest BCUT2D eigenvalue weighted by Gasteiger charge is -2.36. The summed E-state index contributed by atoms with van der Waals surface area (Å²) in [6.45, 7) is 19.2. The van der Waals surface area contributed by atoms with Gasteiger partial charge in [-0.15, -0.1) is 6.58 Å². The van der Waals surface area contributed by atoms with Crippen molar-refractivity contribution in [2.45, 2.75) is 90.7 Å². The molecule has 0 radical (unpaired) electrons. The molecule has 0 bridgehead atoms. The standard InChI is InChI=1S/C62H65Cl2FN4O12SSi/c1-11-30-74-34-46(35-77-82(71,72)36-40-18-14-13-15-19-40)78-57-54(63)38(3)51(39(4)55(57)64)52-53-59(67-37-68-60(53)80-56(52)41-22-24-43(65)25-23-41)79-50(61(70)75-12-2)32-42-31-45(81-83(9,10)62(5,6)7)26-27-48(42)76-33-44-28-29-66-58(69-44)47-20-16-17-21-49(47)73-8/h11,13-29,31,37,46,50H,1,12,30,32-36H2,2-10H3/t46-,50-/m1/s1. The van der Waals surface area contributed by atoms with Crippen LogP contribution >= 0.6 is 23.2 Å². The van der Waals surface area contributed by atoms with Crippen molar-refractivity contribution in [3.05, 3.63) is 172 Å². The highest BCUT2D eigenvalue weighted by molar-refractivity contribution is 7.85. The molecule has 0 N–H and O–H groups in total. The van der Waals surface area contributed by atoms with E-state index in [1.165, 1.54) is 36.7 Å². The fraction of sp³-hybridized carbons (Fsp3) is 0.306. The summed E-state index contributed by atoms with van der Waals surface area (Å²) in [6.07, 6.45) is 1.89. The summed E-state index contributed by atoms with van der Waals surface area (Å²) in [6, 6.07) is 28.9. The van der Waals surface area contributed by atoms with Crippen LogP contribution in [-0.2, 0) is 47.4 Å². The van der Waals surface area contributed by atoms with Gasteiger partial charge in [0.2, 0.25) is 26.0 Å². The first kappa shape index (κ1) is 61.7. The predicted molar refractivity (Wildman–Crippen MR) is 320 cm³/mol. The Morgan fingerprint density at radius 3 is 2.27 bits per heavy atom. The summed E-state index contributed by atoms with van der Waals surface area (Å²) in [5.74, 6) is 0.595. The minimum Gasteiger partial charge on any atom is -0.543 e. The Morgan fingerprint density at radius 2 is 1.58 bits per heavy atom. The number of para-hydroxylation sites is 1. The van der Waals surface area contributed by atoms with Gasteiger partial charge in [-0.1, -0.05) is 92.5 Å². The van der Waals surface area contributed by atoms with Crippen LogP contribution in [0, 0.1) is 19.7 Å². The van der Waals surface area contributed by atoms with Gasteiger partial charge in [0.05, 0.1) is 48.2 Å². The Balaban J connectivity index is 1.20. The molecular formula is C62H65Cl2FN4O12SSi. The minimum atomic E-state index is -4.09. The zero-order chi connectivity index (χ0) is 59.6. The molecule has 3 heterocycles. The molecule has 0 saturated heterocycles. The fourth-order valence-electron chi connectivity index (χ4n) is 8.72. The summed E-state index contributed by atoms with van der Waals surface area (Å²) in [4.78, 5) is 32.9. The number of esters is 1. The lowest BCUT2D eigenvalue weighted by molar-refractivity contribution is -0.151. The minimum absolute atomic E-state index is 0.0175. The van der Waals surface area contributed by atoms with Crippen LogP contribution in [0.1, 0.15) is 55.6 Å². The quantitative estimate of drug-likeness (QED) is 0.0163. The molecule has 21 heteroatoms. The molecule has 0 aliphatic heterocycles. The SMILES string of the molecule is C=CCOC[C@H](COS(=O)(=O)Cc1ccccc1)Oc1c(Cl)c(C)c(-c2c(-c3ccc(F)cc3)oc3ncnc(O[C@H](Cc4cc(O[Si](C)(C)C(C)(C)C)ccc4OCc4ccnc(-c5ccccc5OC)n4)C(=O)OCC)c23)c(C)c1Cl. The highest BCUT2D eigenvalue weighted by atomic mass is 35.5. The van der Waals surface area contributed by atoms with Crippen molar-refractivity contribution < 1.29 is 59.1 Å². The van der Waals surface area contributed by atoms with Gasteiger partial charge in [-0.05, 0) is 122 Å². The smallest absolute Gasteiger partial charge is 0.347 e. The fourth-order valence-corrected chi connectivity index (χ4v) is 11.3. The van der Waals surface area contributed by atoms with Crippen molar-refractivity contribution in [3.8, 4) is 62.7 Å². The average Bonchev–Trinajstić information content (AvgIpc) is 2.28. The van der Waals surface area contributed by atoms with Crippen LogP contribution in [0.5, 0.6) is 28.9 Å². The van der Waals surface area contributed by atoms with Gasteiger partial charge in [-0.3, -0.25) is 4.18 Å². The molecule has 0 spiro atoms. The highest BCUT2D eigenvalue weighted by Gasteiger charge is 2.39. The van der Waals surface area contributed by atoms with Gasteiger partial charge in [0.15, 0.2) is 11.6 Å². The van der Waals surface area contributed by atoms with E-state index in [9.17, 15) is 17.6 Å². The van der Waals surface area contributed by atoms with Crippen molar-refractivity contribution >= 4 is 58.7 Å². The molecule has 8 aromatic rings. The number of rotatable bonds is 26. The number of aromatic nitrogens is 4. The number of hydrogen-bond acceptors (Lipinski definition) is 16. The molecule has 83 heavy (non-hydrogen) atoms. The number of fused-ring (bicyclic) bond motifs is 1. The number of halogens is 3. The molecule has 0 aliphatic carbocycles. The van der Waals surface area contributed by atoms with Gasteiger partial charge >= 0.3 is 5.97 Å². The lowest BCUT2D eigenvalue weighted by atomic mass is 9.91. The highest BCUT2D eigenvalue weighted by Crippen LogP contribution is 2.51. The van der Waals surface area contributed by atoms with Gasteiger partial charge in [0, 0.05) is 29.3 Å². The Kier molecular flexibility index (Phi) is 20.0. The first-order valence-corrected chi connectivity index (χ1v) is 31.9. The molecule has 16 nitrogen and oxygen atoms in total. The molecule has 0 saturated carbocycles. The van der Waals surface area contributed by atoms with Crippen LogP contribution in [0.2, 0.25) is 28.2 Å². The number of carbonyl (C=O) groups is 1. The van der Waals surface area contributed by atoms with Gasteiger partial charge in [-0.2, -0.15) is 8.42 Å². The third-order valence-corrected chi connectivity index (χ3v) is 20.4. The Morgan fingerprint density at radius 1 is 0.867 bits per heavy atom. The first-order chi connectivity index (χ1) is 39.6. The summed E-state index contributed by atoms with van der Waals surface area (Å²) >= 11 is 14.6. The molecular weight excluding hydrogens is 1140 g/mol. The number of nitrogens with zero attached hydrogens (tertiary/aromatic N) is 4. The van der Waals surface area contributed by atoms with Crippen LogP contribution in [0.15, 0.2) is 133 Å². The number of furan rings is 1. The van der Waals surface area contributed by atoms with Crippen LogP contribution in [0.3, 0.4) is 0 Å². The van der Waals surface area contributed by atoms with Crippen LogP contribution in [0.4, 0.5) is 4.39 Å². The van der Waals surface area contributed by atoms with Crippen LogP contribution in [-0.4, -0.2) is 88.4 Å². The van der Waals surface area contributed by atoms with E-state index in [0.717, 1.165) is 0 Å². The number of hydrogen-bond donors (Lipinski definition) is 0. The predicted octanol–water partition coefficient (Wildman–Crippen LogP) is 14.1. The van der Waals surface area contributed by atoms with Crippen molar-refractivity contribution in [1.82, 2.24) is 19.9 Å². The van der Waals surface area contributed by atoms with E-state index in [1.54, 1.807) is 76.5 Å². The average molecular weight is 1210 g/mol. The first-order valence-electron chi connectivity index (χ1n) is 26.6. The monoisotopic (exact) mass is 1210 g/mol. The summed E-state index contributed by atoms with van der Waals surface area (Å²) in [7, 11) is -4.90. The molecule has 0 amide bonds. The van der Waals surface area contributed by atoms with E-state index in [4.69, 9.17) is 69.6 Å². The van der Waals surface area contributed by atoms with Gasteiger partial charge in [0.25, 0.3) is 10.1 Å². The van der Waals surface area contributed by atoms with Crippen molar-refractivity contribution in [2.75, 3.05) is 33.5 Å². The van der Waals surface area contributed by atoms with Crippen molar-refractivity contribution in [3.63, 3.8) is 0 Å².